The summed E-state index contributed by atoms with van der Waals surface area (Å²) in [4.78, 5) is 14.6. The van der Waals surface area contributed by atoms with Crippen molar-refractivity contribution in [3.05, 3.63) is 11.1 Å². The van der Waals surface area contributed by atoms with Crippen molar-refractivity contribution in [2.45, 2.75) is 26.4 Å². The third-order valence-corrected chi connectivity index (χ3v) is 2.72. The van der Waals surface area contributed by atoms with E-state index in [0.717, 1.165) is 5.13 Å². The number of aliphatic carboxylic acids is 1. The van der Waals surface area contributed by atoms with E-state index in [-0.39, 0.29) is 12.5 Å². The zero-order valence-electron chi connectivity index (χ0n) is 9.40. The van der Waals surface area contributed by atoms with Gasteiger partial charge in [0.1, 0.15) is 0 Å². The second kappa shape index (κ2) is 6.44. The summed E-state index contributed by atoms with van der Waals surface area (Å²) in [5.74, 6) is -0.862. The van der Waals surface area contributed by atoms with Crippen LogP contribution in [0.2, 0.25) is 0 Å². The fourth-order valence-corrected chi connectivity index (χ4v) is 1.92. The number of nitrogens with zero attached hydrogens (tertiary/aromatic N) is 1. The average Bonchev–Trinajstić information content (AvgIpc) is 2.62. The molecule has 0 amide bonds. The lowest BCUT2D eigenvalue weighted by atomic mass is 10.3. The Hall–Kier alpha value is -1.14. The molecule has 90 valence electrons. The minimum absolute atomic E-state index is 0.0286. The summed E-state index contributed by atoms with van der Waals surface area (Å²) in [5.41, 5.74) is 0.587. The van der Waals surface area contributed by atoms with E-state index >= 15 is 0 Å². The minimum Gasteiger partial charge on any atom is -0.481 e. The van der Waals surface area contributed by atoms with E-state index in [4.69, 9.17) is 9.84 Å². The summed E-state index contributed by atoms with van der Waals surface area (Å²) in [6.07, 6.45) is 0.0935. The lowest BCUT2D eigenvalue weighted by Gasteiger charge is -2.11. The van der Waals surface area contributed by atoms with Crippen molar-refractivity contribution in [1.82, 2.24) is 4.98 Å². The van der Waals surface area contributed by atoms with Crippen molar-refractivity contribution in [3.63, 3.8) is 0 Å². The molecule has 1 heterocycles. The molecule has 0 saturated heterocycles. The van der Waals surface area contributed by atoms with Gasteiger partial charge in [-0.1, -0.05) is 0 Å². The van der Waals surface area contributed by atoms with Gasteiger partial charge in [0.25, 0.3) is 0 Å². The van der Waals surface area contributed by atoms with E-state index in [0.29, 0.717) is 18.8 Å². The Labute approximate surface area is 98.5 Å². The molecule has 1 aromatic rings. The Bertz CT molecular complexity index is 341. The van der Waals surface area contributed by atoms with Crippen molar-refractivity contribution in [2.75, 3.05) is 18.5 Å². The minimum atomic E-state index is -0.862. The van der Waals surface area contributed by atoms with E-state index in [2.05, 4.69) is 10.3 Å². The zero-order valence-corrected chi connectivity index (χ0v) is 10.2. The Kier molecular flexibility index (Phi) is 5.21. The number of thiazole rings is 1. The fraction of sp³-hybridized carbons (Fsp3) is 0.600. The highest BCUT2D eigenvalue weighted by atomic mass is 32.1. The molecule has 1 rings (SSSR count). The van der Waals surface area contributed by atoms with Crippen molar-refractivity contribution in [2.24, 2.45) is 0 Å². The van der Waals surface area contributed by atoms with Gasteiger partial charge in [-0.3, -0.25) is 4.79 Å². The maximum atomic E-state index is 10.5. The van der Waals surface area contributed by atoms with Crippen LogP contribution in [-0.4, -0.2) is 35.3 Å². The summed E-state index contributed by atoms with van der Waals surface area (Å²) < 4.78 is 5.36. The highest BCUT2D eigenvalue weighted by molar-refractivity contribution is 7.13. The SMILES string of the molecule is CCOC(C)CNc1nc(CC(=O)O)cs1. The fourth-order valence-electron chi connectivity index (χ4n) is 1.20. The molecule has 0 aliphatic rings. The summed E-state index contributed by atoms with van der Waals surface area (Å²) in [6, 6.07) is 0. The molecule has 5 nitrogen and oxygen atoms in total. The first-order valence-electron chi connectivity index (χ1n) is 5.13. The molecule has 1 atom stereocenters. The quantitative estimate of drug-likeness (QED) is 0.762. The van der Waals surface area contributed by atoms with Crippen molar-refractivity contribution in [3.8, 4) is 0 Å². The lowest BCUT2D eigenvalue weighted by Crippen LogP contribution is -2.19. The molecule has 0 aliphatic carbocycles. The van der Waals surface area contributed by atoms with E-state index in [1.807, 2.05) is 13.8 Å². The van der Waals surface area contributed by atoms with Crippen molar-refractivity contribution in [1.29, 1.82) is 0 Å². The van der Waals surface area contributed by atoms with Crippen LogP contribution in [0.1, 0.15) is 19.5 Å². The van der Waals surface area contributed by atoms with Crippen LogP contribution in [0, 0.1) is 0 Å². The van der Waals surface area contributed by atoms with Crippen LogP contribution in [0.5, 0.6) is 0 Å². The number of ether oxygens (including phenoxy) is 1. The molecule has 0 aromatic carbocycles. The molecule has 0 bridgehead atoms. The summed E-state index contributed by atoms with van der Waals surface area (Å²) in [7, 11) is 0. The van der Waals surface area contributed by atoms with Gasteiger partial charge in [0, 0.05) is 18.5 Å². The molecule has 6 heteroatoms. The van der Waals surface area contributed by atoms with Crippen LogP contribution < -0.4 is 5.32 Å². The molecule has 1 unspecified atom stereocenters. The van der Waals surface area contributed by atoms with Gasteiger partial charge in [-0.15, -0.1) is 11.3 Å². The van der Waals surface area contributed by atoms with Gasteiger partial charge in [-0.2, -0.15) is 0 Å². The zero-order chi connectivity index (χ0) is 12.0. The molecule has 0 fully saturated rings. The Balaban J connectivity index is 2.37. The lowest BCUT2D eigenvalue weighted by molar-refractivity contribution is -0.136. The highest BCUT2D eigenvalue weighted by Crippen LogP contribution is 2.15. The van der Waals surface area contributed by atoms with Gasteiger partial charge in [-0.05, 0) is 13.8 Å². The normalized spacial score (nSPS) is 12.4. The number of hydrogen-bond acceptors (Lipinski definition) is 5. The summed E-state index contributed by atoms with van der Waals surface area (Å²) in [6.45, 7) is 5.28. The van der Waals surface area contributed by atoms with Crippen LogP contribution >= 0.6 is 11.3 Å². The van der Waals surface area contributed by atoms with Crippen LogP contribution in [0.15, 0.2) is 5.38 Å². The van der Waals surface area contributed by atoms with E-state index in [9.17, 15) is 4.79 Å². The Morgan fingerprint density at radius 3 is 3.12 bits per heavy atom. The van der Waals surface area contributed by atoms with Crippen molar-refractivity contribution < 1.29 is 14.6 Å². The topological polar surface area (TPSA) is 71.5 Å². The van der Waals surface area contributed by atoms with Crippen molar-refractivity contribution >= 4 is 22.4 Å². The largest absolute Gasteiger partial charge is 0.481 e. The third kappa shape index (κ3) is 4.59. The number of carboxylic acids is 1. The molecule has 0 saturated carbocycles. The summed E-state index contributed by atoms with van der Waals surface area (Å²) in [5, 5.41) is 14.2. The number of carbonyl (C=O) groups is 1. The standard InChI is InChI=1S/C10H16N2O3S/c1-3-15-7(2)5-11-10-12-8(6-16-10)4-9(13)14/h6-7H,3-5H2,1-2H3,(H,11,12)(H,13,14). The molecule has 16 heavy (non-hydrogen) atoms. The van der Waals surface area contributed by atoms with Gasteiger partial charge in [0.15, 0.2) is 5.13 Å². The molecule has 0 spiro atoms. The van der Waals surface area contributed by atoms with E-state index in [1.54, 1.807) is 5.38 Å². The third-order valence-electron chi connectivity index (χ3n) is 1.88. The Morgan fingerprint density at radius 1 is 1.75 bits per heavy atom. The number of nitrogens with one attached hydrogen (secondary N) is 1. The van der Waals surface area contributed by atoms with Crippen LogP contribution in [0.25, 0.3) is 0 Å². The maximum Gasteiger partial charge on any atom is 0.309 e. The van der Waals surface area contributed by atoms with Gasteiger partial charge in [0.2, 0.25) is 0 Å². The van der Waals surface area contributed by atoms with Crippen LogP contribution in [0.3, 0.4) is 0 Å². The van der Waals surface area contributed by atoms with Crippen LogP contribution in [-0.2, 0) is 16.0 Å². The highest BCUT2D eigenvalue weighted by Gasteiger charge is 2.07. The average molecular weight is 244 g/mol. The predicted octanol–water partition coefficient (Wildman–Crippen LogP) is 1.61. The number of hydrogen-bond donors (Lipinski definition) is 2. The number of rotatable bonds is 7. The number of carboxylic acid groups (broad SMARTS) is 1. The molecule has 1 aromatic heterocycles. The smallest absolute Gasteiger partial charge is 0.309 e. The first-order chi connectivity index (χ1) is 7.61. The first kappa shape index (κ1) is 12.9. The Morgan fingerprint density at radius 2 is 2.50 bits per heavy atom. The van der Waals surface area contributed by atoms with E-state index < -0.39 is 5.97 Å². The monoisotopic (exact) mass is 244 g/mol. The van der Waals surface area contributed by atoms with E-state index in [1.165, 1.54) is 11.3 Å². The second-order valence-electron chi connectivity index (χ2n) is 3.36. The summed E-state index contributed by atoms with van der Waals surface area (Å²) >= 11 is 1.41. The molecule has 0 radical (unpaired) electrons. The van der Waals surface area contributed by atoms with Gasteiger partial charge in [-0.25, -0.2) is 4.98 Å². The molecule has 0 aliphatic heterocycles. The predicted molar refractivity (Wildman–Crippen MR) is 63.0 cm³/mol. The van der Waals surface area contributed by atoms with Gasteiger partial charge >= 0.3 is 5.97 Å². The first-order valence-corrected chi connectivity index (χ1v) is 6.01. The van der Waals surface area contributed by atoms with Gasteiger partial charge < -0.3 is 15.2 Å². The van der Waals surface area contributed by atoms with Gasteiger partial charge in [0.05, 0.1) is 18.2 Å². The molecular formula is C10H16N2O3S. The van der Waals surface area contributed by atoms with Crippen LogP contribution in [0.4, 0.5) is 5.13 Å². The number of aromatic nitrogens is 1. The second-order valence-corrected chi connectivity index (χ2v) is 4.22. The number of anilines is 1. The molecular weight excluding hydrogens is 228 g/mol. The molecule has 2 N–H and O–H groups in total. The maximum absolute atomic E-state index is 10.5.